The number of fused-ring (bicyclic) bond motifs is 2. The van der Waals surface area contributed by atoms with E-state index in [-0.39, 0.29) is 17.4 Å². The molecular formula is C26H26F2N2O4. The number of pyridine rings is 2. The van der Waals surface area contributed by atoms with E-state index in [1.54, 1.807) is 38.1 Å². The number of nitrogens with one attached hydrogen (secondary N) is 2. The van der Waals surface area contributed by atoms with Crippen LogP contribution in [-0.4, -0.2) is 28.0 Å². The summed E-state index contributed by atoms with van der Waals surface area (Å²) in [7, 11) is 0. The Balaban J connectivity index is 0.000000191. The summed E-state index contributed by atoms with van der Waals surface area (Å²) in [5.41, 5.74) is -0.961. The van der Waals surface area contributed by atoms with E-state index in [1.807, 2.05) is 13.8 Å². The third-order valence-electron chi connectivity index (χ3n) is 5.87. The number of aromatic nitrogens is 2. The van der Waals surface area contributed by atoms with Crippen LogP contribution in [0, 0.1) is 11.6 Å². The fourth-order valence-electron chi connectivity index (χ4n) is 3.48. The van der Waals surface area contributed by atoms with Gasteiger partial charge in [0.1, 0.15) is 17.9 Å². The Kier molecular flexibility index (Phi) is 6.84. The van der Waals surface area contributed by atoms with Crippen molar-refractivity contribution in [3.05, 3.63) is 92.3 Å². The molecule has 3 N–H and O–H groups in total. The summed E-state index contributed by atoms with van der Waals surface area (Å²) in [5.74, 6) is -1.16. The number of halogens is 2. The van der Waals surface area contributed by atoms with E-state index in [4.69, 9.17) is 0 Å². The number of carbonyl (C=O) groups excluding carboxylic acids is 1. The van der Waals surface area contributed by atoms with Crippen molar-refractivity contribution in [2.24, 2.45) is 0 Å². The van der Waals surface area contributed by atoms with Crippen LogP contribution >= 0.6 is 0 Å². The summed E-state index contributed by atoms with van der Waals surface area (Å²) in [5, 5.41) is 10.4. The van der Waals surface area contributed by atoms with Crippen molar-refractivity contribution in [1.82, 2.24) is 9.97 Å². The van der Waals surface area contributed by atoms with E-state index in [2.05, 4.69) is 9.97 Å². The minimum Gasteiger partial charge on any atom is -0.395 e. The molecule has 0 unspecified atom stereocenters. The van der Waals surface area contributed by atoms with Crippen LogP contribution in [0.3, 0.4) is 0 Å². The van der Waals surface area contributed by atoms with Crippen LogP contribution in [0.25, 0.3) is 21.5 Å². The molecule has 2 aromatic heterocycles. The van der Waals surface area contributed by atoms with Gasteiger partial charge in [0.2, 0.25) is 0 Å². The molecule has 0 aliphatic carbocycles. The lowest BCUT2D eigenvalue weighted by Gasteiger charge is -2.22. The second-order valence-electron chi connectivity index (χ2n) is 9.34. The fourth-order valence-corrected chi connectivity index (χ4v) is 3.48. The molecule has 0 fully saturated rings. The maximum absolute atomic E-state index is 13.9. The van der Waals surface area contributed by atoms with Gasteiger partial charge in [-0.05, 0) is 66.1 Å². The summed E-state index contributed by atoms with van der Waals surface area (Å²) in [6, 6.07) is 9.23. The summed E-state index contributed by atoms with van der Waals surface area (Å²) >= 11 is 0. The summed E-state index contributed by atoms with van der Waals surface area (Å²) < 4.78 is 27.7. The second-order valence-corrected chi connectivity index (χ2v) is 9.34. The van der Waals surface area contributed by atoms with Gasteiger partial charge in [-0.3, -0.25) is 9.59 Å². The number of aldehydes is 1. The highest BCUT2D eigenvalue weighted by molar-refractivity contribution is 5.84. The molecule has 2 aromatic carbocycles. The highest BCUT2D eigenvalue weighted by Crippen LogP contribution is 2.27. The van der Waals surface area contributed by atoms with Crippen LogP contribution < -0.4 is 11.1 Å². The van der Waals surface area contributed by atoms with Crippen molar-refractivity contribution in [1.29, 1.82) is 0 Å². The highest BCUT2D eigenvalue weighted by atomic mass is 19.1. The minimum absolute atomic E-state index is 0.0259. The lowest BCUT2D eigenvalue weighted by molar-refractivity contribution is -0.111. The van der Waals surface area contributed by atoms with Crippen molar-refractivity contribution >= 4 is 27.8 Å². The molecule has 0 spiro atoms. The first-order valence-electron chi connectivity index (χ1n) is 10.6. The Labute approximate surface area is 194 Å². The number of aromatic amines is 2. The molecule has 178 valence electrons. The standard InChI is InChI=1S/C13H14FNO2.C13H12FNO2/c2*1-13(2,7-16)9-5-8-3-4-15-12(17)11(8)10(14)6-9/h3-6,16H,7H2,1-2H3,(H,15,17);3-7H,1-2H3,(H,15,17). The Morgan fingerprint density at radius 3 is 1.71 bits per heavy atom. The zero-order valence-electron chi connectivity index (χ0n) is 19.3. The van der Waals surface area contributed by atoms with Gasteiger partial charge in [0, 0.05) is 23.2 Å². The molecule has 4 rings (SSSR count). The predicted octanol–water partition coefficient (Wildman–Crippen LogP) is 4.08. The molecule has 4 aromatic rings. The van der Waals surface area contributed by atoms with Crippen LogP contribution in [0.4, 0.5) is 8.78 Å². The first kappa shape index (κ1) is 25.0. The average Bonchev–Trinajstić information content (AvgIpc) is 2.79. The van der Waals surface area contributed by atoms with Crippen molar-refractivity contribution < 1.29 is 18.7 Å². The number of rotatable bonds is 4. The summed E-state index contributed by atoms with van der Waals surface area (Å²) in [6.07, 6.45) is 3.71. The monoisotopic (exact) mass is 468 g/mol. The maximum atomic E-state index is 13.9. The van der Waals surface area contributed by atoms with E-state index < -0.39 is 33.6 Å². The van der Waals surface area contributed by atoms with Crippen LogP contribution in [0.5, 0.6) is 0 Å². The van der Waals surface area contributed by atoms with E-state index >= 15 is 0 Å². The Bertz CT molecular complexity index is 1490. The van der Waals surface area contributed by atoms with Gasteiger partial charge in [0.25, 0.3) is 11.1 Å². The normalized spacial score (nSPS) is 11.9. The molecule has 0 amide bonds. The number of hydrogen-bond donors (Lipinski definition) is 3. The third-order valence-corrected chi connectivity index (χ3v) is 5.87. The molecule has 0 bridgehead atoms. The molecule has 0 aliphatic rings. The van der Waals surface area contributed by atoms with Crippen LogP contribution in [0.15, 0.2) is 58.4 Å². The second kappa shape index (κ2) is 9.30. The number of aliphatic hydroxyl groups excluding tert-OH is 1. The van der Waals surface area contributed by atoms with E-state index in [0.717, 1.165) is 6.29 Å². The lowest BCUT2D eigenvalue weighted by atomic mass is 9.84. The first-order valence-corrected chi connectivity index (χ1v) is 10.6. The summed E-state index contributed by atoms with van der Waals surface area (Å²) in [4.78, 5) is 38.8. The van der Waals surface area contributed by atoms with Crippen molar-refractivity contribution in [2.75, 3.05) is 6.61 Å². The SMILES string of the molecule is CC(C)(C=O)c1cc(F)c2c(=O)[nH]ccc2c1.CC(C)(CO)c1cc(F)c2c(=O)[nH]ccc2c1. The lowest BCUT2D eigenvalue weighted by Crippen LogP contribution is -2.22. The molecule has 0 saturated carbocycles. The Morgan fingerprint density at radius 2 is 1.26 bits per heavy atom. The molecule has 34 heavy (non-hydrogen) atoms. The number of carbonyl (C=O) groups is 1. The quantitative estimate of drug-likeness (QED) is 0.393. The topological polar surface area (TPSA) is 103 Å². The molecule has 2 heterocycles. The number of aliphatic hydroxyl groups is 1. The van der Waals surface area contributed by atoms with Crippen molar-refractivity contribution in [2.45, 2.75) is 38.5 Å². The zero-order chi connectivity index (χ0) is 25.3. The van der Waals surface area contributed by atoms with Gasteiger partial charge in [-0.25, -0.2) is 8.78 Å². The molecule has 0 saturated heterocycles. The van der Waals surface area contributed by atoms with Gasteiger partial charge in [0.05, 0.1) is 17.4 Å². The fraction of sp³-hybridized carbons (Fsp3) is 0.269. The van der Waals surface area contributed by atoms with Crippen LogP contribution in [0.2, 0.25) is 0 Å². The van der Waals surface area contributed by atoms with Gasteiger partial charge in [-0.2, -0.15) is 0 Å². The third kappa shape index (κ3) is 4.82. The summed E-state index contributed by atoms with van der Waals surface area (Å²) in [6.45, 7) is 6.96. The zero-order valence-corrected chi connectivity index (χ0v) is 19.3. The molecule has 0 aliphatic heterocycles. The Morgan fingerprint density at radius 1 is 0.824 bits per heavy atom. The highest BCUT2D eigenvalue weighted by Gasteiger charge is 2.22. The van der Waals surface area contributed by atoms with E-state index in [1.165, 1.54) is 24.5 Å². The smallest absolute Gasteiger partial charge is 0.258 e. The maximum Gasteiger partial charge on any atom is 0.258 e. The molecular weight excluding hydrogens is 442 g/mol. The van der Waals surface area contributed by atoms with Crippen LogP contribution in [0.1, 0.15) is 38.8 Å². The molecule has 6 nitrogen and oxygen atoms in total. The van der Waals surface area contributed by atoms with Crippen molar-refractivity contribution in [3.63, 3.8) is 0 Å². The van der Waals surface area contributed by atoms with Crippen LogP contribution in [-0.2, 0) is 15.6 Å². The molecule has 8 heteroatoms. The average molecular weight is 469 g/mol. The number of H-pyrrole nitrogens is 2. The molecule has 0 radical (unpaired) electrons. The van der Waals surface area contributed by atoms with E-state index in [0.29, 0.717) is 21.9 Å². The van der Waals surface area contributed by atoms with Crippen molar-refractivity contribution in [3.8, 4) is 0 Å². The largest absolute Gasteiger partial charge is 0.395 e. The number of benzene rings is 2. The molecule has 0 atom stereocenters. The van der Waals surface area contributed by atoms with Gasteiger partial charge in [-0.1, -0.05) is 19.9 Å². The van der Waals surface area contributed by atoms with Gasteiger partial charge in [0.15, 0.2) is 0 Å². The minimum atomic E-state index is -0.766. The Hall–Kier alpha value is -3.65. The van der Waals surface area contributed by atoms with Gasteiger partial charge >= 0.3 is 0 Å². The first-order chi connectivity index (χ1) is 15.9. The predicted molar refractivity (Wildman–Crippen MR) is 128 cm³/mol. The number of hydrogen-bond acceptors (Lipinski definition) is 4. The van der Waals surface area contributed by atoms with E-state index in [9.17, 15) is 28.3 Å². The van der Waals surface area contributed by atoms with Gasteiger partial charge in [-0.15, -0.1) is 0 Å². The van der Waals surface area contributed by atoms with Gasteiger partial charge < -0.3 is 19.9 Å².